The molecule has 1 heteroatoms. The Morgan fingerprint density at radius 3 is 1.68 bits per heavy atom. The molecule has 0 N–H and O–H groups in total. The summed E-state index contributed by atoms with van der Waals surface area (Å²) in [6.45, 7) is 0. The number of hydrogen-bond donors (Lipinski definition) is 0. The lowest BCUT2D eigenvalue weighted by molar-refractivity contribution is 0.673. The Balaban J connectivity index is 1.42. The molecule has 1 aromatic heterocycles. The summed E-state index contributed by atoms with van der Waals surface area (Å²) in [4.78, 5) is 0. The average Bonchev–Trinajstić information content (AvgIpc) is 3.63. The fraction of sp³-hybridized carbons (Fsp3) is 0. The van der Waals surface area contributed by atoms with E-state index in [4.69, 9.17) is 16.8 Å². The van der Waals surface area contributed by atoms with E-state index in [0.717, 1.165) is 49.0 Å². The van der Waals surface area contributed by atoms with Crippen molar-refractivity contribution in [2.45, 2.75) is 0 Å². The highest BCUT2D eigenvalue weighted by Gasteiger charge is 2.22. The summed E-state index contributed by atoms with van der Waals surface area (Å²) in [5, 5.41) is 6.58. The van der Waals surface area contributed by atoms with Gasteiger partial charge in [-0.1, -0.05) is 158 Å². The van der Waals surface area contributed by atoms with Crippen LogP contribution in [-0.2, 0) is 0 Å². The molecular weight excluding hydrogens is 569 g/mol. The molecule has 0 atom stereocenters. The lowest BCUT2D eigenvalue weighted by atomic mass is 9.83. The van der Waals surface area contributed by atoms with E-state index in [2.05, 4.69) is 54.6 Å². The number of benzene rings is 9. The lowest BCUT2D eigenvalue weighted by Gasteiger charge is -2.19. The van der Waals surface area contributed by atoms with Crippen LogP contribution >= 0.6 is 0 Å². The van der Waals surface area contributed by atoms with Gasteiger partial charge in [0.15, 0.2) is 0 Å². The topological polar surface area (TPSA) is 13.1 Å². The molecule has 0 aliphatic carbocycles. The maximum atomic E-state index is 9.90. The van der Waals surface area contributed by atoms with Gasteiger partial charge in [0.05, 0.1) is 13.7 Å². The molecule has 218 valence electrons. The van der Waals surface area contributed by atoms with Crippen LogP contribution in [0, 0.1) is 0 Å². The van der Waals surface area contributed by atoms with E-state index in [0.29, 0.717) is 16.5 Å². The zero-order valence-electron chi connectivity index (χ0n) is 34.8. The van der Waals surface area contributed by atoms with Crippen molar-refractivity contribution < 1.29 is 18.1 Å². The molecule has 0 bridgehead atoms. The molecule has 0 spiro atoms. The van der Waals surface area contributed by atoms with Crippen molar-refractivity contribution in [3.05, 3.63) is 170 Å². The Morgan fingerprint density at radius 1 is 0.404 bits per heavy atom. The van der Waals surface area contributed by atoms with E-state index < -0.39 is 54.4 Å². The van der Waals surface area contributed by atoms with E-state index >= 15 is 0 Å². The van der Waals surface area contributed by atoms with Crippen LogP contribution in [0.3, 0.4) is 0 Å². The van der Waals surface area contributed by atoms with Crippen LogP contribution in [0.25, 0.3) is 98.4 Å². The molecule has 0 unspecified atom stereocenters. The number of furan rings is 1. The third-order valence-corrected chi connectivity index (χ3v) is 9.14. The van der Waals surface area contributed by atoms with Crippen LogP contribution in [0.2, 0.25) is 0 Å². The van der Waals surface area contributed by atoms with Crippen molar-refractivity contribution in [1.29, 1.82) is 0 Å². The summed E-state index contributed by atoms with van der Waals surface area (Å²) in [5.74, 6) is 0. The fourth-order valence-electron chi connectivity index (χ4n) is 7.22. The summed E-state index contributed by atoms with van der Waals surface area (Å²) in [6, 6.07) is 31.1. The van der Waals surface area contributed by atoms with E-state index in [-0.39, 0.29) is 38.9 Å². The third kappa shape index (κ3) is 3.84. The highest BCUT2D eigenvalue weighted by molar-refractivity contribution is 6.28. The minimum absolute atomic E-state index is 0.0431. The van der Waals surface area contributed by atoms with E-state index in [1.807, 2.05) is 48.5 Å². The summed E-state index contributed by atoms with van der Waals surface area (Å²) in [6.07, 6.45) is 0. The van der Waals surface area contributed by atoms with Crippen molar-refractivity contribution in [1.82, 2.24) is 0 Å². The minimum atomic E-state index is -0.624. The molecule has 1 nitrogen and oxygen atoms in total. The largest absolute Gasteiger partial charge is 0.455 e. The molecule has 1 heterocycles. The average molecular weight is 607 g/mol. The summed E-state index contributed by atoms with van der Waals surface area (Å²) in [5.41, 5.74) is 3.58. The first kappa shape index (κ1) is 18.1. The second-order valence-electron chi connectivity index (χ2n) is 11.6. The van der Waals surface area contributed by atoms with Gasteiger partial charge in [0.1, 0.15) is 11.2 Å². The summed E-state index contributed by atoms with van der Waals surface area (Å²) < 4.78 is 94.9. The Bertz CT molecular complexity index is 3330. The smallest absolute Gasteiger partial charge is 0.143 e. The van der Waals surface area contributed by atoms with Gasteiger partial charge in [-0.25, -0.2) is 0 Å². The van der Waals surface area contributed by atoms with Crippen LogP contribution in [-0.4, -0.2) is 0 Å². The van der Waals surface area contributed by atoms with Crippen LogP contribution in [0.5, 0.6) is 0 Å². The van der Waals surface area contributed by atoms with Gasteiger partial charge in [0, 0.05) is 16.2 Å². The maximum Gasteiger partial charge on any atom is 0.143 e. The third-order valence-electron chi connectivity index (χ3n) is 9.14. The van der Waals surface area contributed by atoms with Crippen LogP contribution in [0.15, 0.2) is 174 Å². The van der Waals surface area contributed by atoms with Crippen LogP contribution in [0.4, 0.5) is 0 Å². The van der Waals surface area contributed by atoms with Gasteiger partial charge >= 0.3 is 0 Å². The van der Waals surface area contributed by atoms with Crippen molar-refractivity contribution in [3.63, 3.8) is 0 Å². The quantitative estimate of drug-likeness (QED) is 0.182. The highest BCUT2D eigenvalue weighted by atomic mass is 16.3. The molecule has 0 amide bonds. The zero-order valence-corrected chi connectivity index (χ0v) is 24.8. The van der Waals surface area contributed by atoms with Crippen LogP contribution in [0.1, 0.15) is 13.7 Å². The van der Waals surface area contributed by atoms with Gasteiger partial charge in [-0.2, -0.15) is 0 Å². The zero-order chi connectivity index (χ0) is 39.6. The molecule has 9 aromatic carbocycles. The van der Waals surface area contributed by atoms with Crippen LogP contribution < -0.4 is 0 Å². The molecule has 0 aliphatic rings. The first-order valence-corrected chi connectivity index (χ1v) is 15.4. The molecule has 0 saturated carbocycles. The molecule has 0 fully saturated rings. The van der Waals surface area contributed by atoms with Gasteiger partial charge in [0.2, 0.25) is 0 Å². The number of rotatable bonds is 3. The van der Waals surface area contributed by atoms with Gasteiger partial charge in [-0.05, 0) is 83.2 Å². The molecule has 10 rings (SSSR count). The van der Waals surface area contributed by atoms with Gasteiger partial charge < -0.3 is 4.42 Å². The maximum absolute atomic E-state index is 9.90. The molecule has 0 aliphatic heterocycles. The van der Waals surface area contributed by atoms with E-state index in [1.165, 1.54) is 0 Å². The predicted molar refractivity (Wildman–Crippen MR) is 200 cm³/mol. The van der Waals surface area contributed by atoms with Crippen molar-refractivity contribution in [2.24, 2.45) is 0 Å². The van der Waals surface area contributed by atoms with Crippen molar-refractivity contribution >= 4 is 65.0 Å². The summed E-state index contributed by atoms with van der Waals surface area (Å²) in [7, 11) is 0. The molecule has 0 radical (unpaired) electrons. The van der Waals surface area contributed by atoms with Gasteiger partial charge in [-0.15, -0.1) is 0 Å². The lowest BCUT2D eigenvalue weighted by Crippen LogP contribution is -1.92. The Hall–Kier alpha value is -6.18. The van der Waals surface area contributed by atoms with Gasteiger partial charge in [-0.3, -0.25) is 0 Å². The van der Waals surface area contributed by atoms with E-state index in [1.54, 1.807) is 6.07 Å². The first-order valence-electron chi connectivity index (χ1n) is 20.4. The predicted octanol–water partition coefficient (Wildman–Crippen LogP) is 13.2. The Kier molecular flexibility index (Phi) is 3.91. The molecular formula is C46H28O. The SMILES string of the molecule is [2H]c1c([2H])c([2H])c(-c2c([2H])c3c(oc4cccc(-c5c6ccccc6c(-c6cccc7ccccc67)c6ccccc56)c43)c3c([2H])c([2H])c([2H])c([2H])c23)c([2H])c1[2H]. The monoisotopic (exact) mass is 606 g/mol. The van der Waals surface area contributed by atoms with Crippen molar-refractivity contribution in [2.75, 3.05) is 0 Å². The highest BCUT2D eigenvalue weighted by Crippen LogP contribution is 2.49. The van der Waals surface area contributed by atoms with E-state index in [9.17, 15) is 1.37 Å². The number of hydrogen-bond acceptors (Lipinski definition) is 1. The second-order valence-corrected chi connectivity index (χ2v) is 11.6. The number of fused-ring (bicyclic) bond motifs is 8. The Morgan fingerprint density at radius 2 is 0.957 bits per heavy atom. The normalized spacial score (nSPS) is 14.8. The fourth-order valence-corrected chi connectivity index (χ4v) is 7.22. The van der Waals surface area contributed by atoms with Crippen molar-refractivity contribution in [3.8, 4) is 33.4 Å². The molecule has 10 aromatic rings. The standard InChI is InChI=1S/C46H28O/c1-2-14-30(15-3-1)40-28-41-45-39(26-13-27-42(45)47-46(41)38-24-11-6-19-32(38)40)44-36-22-9-7-20-34(36)43(35-21-8-10-23-37(35)44)33-25-12-17-29-16-4-5-18-31(29)33/h1-28H/i1D,2D,3D,6D,11D,14D,15D,19D,24D,28D. The molecule has 47 heavy (non-hydrogen) atoms. The second kappa shape index (κ2) is 10.2. The summed E-state index contributed by atoms with van der Waals surface area (Å²) >= 11 is 0. The minimum Gasteiger partial charge on any atom is -0.455 e. The van der Waals surface area contributed by atoms with Gasteiger partial charge in [0.25, 0.3) is 0 Å². The Labute approximate surface area is 286 Å². The first-order chi connectivity index (χ1) is 27.5. The molecule has 0 saturated heterocycles.